The molecule has 0 radical (unpaired) electrons. The standard InChI is InChI=1S/C22H24N4O4S/c1-22(13-16-6-4-3-5-7-16)19-12-17(8-9-18(19)21(27)25-22)30-11-10-24-31(28,29)20-14-26(2)15-23-20/h3-9,12,14-15,24H,10-11,13H2,1-2H3,(H,25,27). The number of nitrogens with zero attached hydrogens (tertiary/aromatic N) is 2. The molecule has 1 atom stereocenters. The second-order valence-corrected chi connectivity index (χ2v) is 9.49. The van der Waals surface area contributed by atoms with Crippen molar-refractivity contribution in [2.45, 2.75) is 23.9 Å². The molecule has 9 heteroatoms. The van der Waals surface area contributed by atoms with Crippen molar-refractivity contribution in [2.24, 2.45) is 7.05 Å². The number of sulfonamides is 1. The number of carbonyl (C=O) groups excluding carboxylic acids is 1. The summed E-state index contributed by atoms with van der Waals surface area (Å²) >= 11 is 0. The molecule has 0 saturated carbocycles. The Morgan fingerprint density at radius 3 is 2.68 bits per heavy atom. The van der Waals surface area contributed by atoms with Crippen LogP contribution in [0.2, 0.25) is 0 Å². The summed E-state index contributed by atoms with van der Waals surface area (Å²) in [6.07, 6.45) is 3.51. The van der Waals surface area contributed by atoms with Gasteiger partial charge in [-0.15, -0.1) is 0 Å². The zero-order chi connectivity index (χ0) is 22.1. The normalized spacial score (nSPS) is 17.9. The molecule has 0 fully saturated rings. The third-order valence-corrected chi connectivity index (χ3v) is 6.59. The Balaban J connectivity index is 1.42. The Bertz CT molecular complexity index is 1210. The molecule has 1 unspecified atom stereocenters. The first-order valence-corrected chi connectivity index (χ1v) is 11.4. The van der Waals surface area contributed by atoms with Gasteiger partial charge in [0.15, 0.2) is 5.03 Å². The van der Waals surface area contributed by atoms with Gasteiger partial charge in [-0.2, -0.15) is 0 Å². The number of fused-ring (bicyclic) bond motifs is 1. The van der Waals surface area contributed by atoms with Gasteiger partial charge in [0, 0.05) is 25.4 Å². The lowest BCUT2D eigenvalue weighted by Crippen LogP contribution is -2.38. The minimum absolute atomic E-state index is 0.0335. The molecule has 31 heavy (non-hydrogen) atoms. The van der Waals surface area contributed by atoms with Crippen LogP contribution in [0, 0.1) is 0 Å². The van der Waals surface area contributed by atoms with E-state index in [4.69, 9.17) is 4.74 Å². The van der Waals surface area contributed by atoms with Crippen molar-refractivity contribution in [3.05, 3.63) is 77.7 Å². The average molecular weight is 441 g/mol. The molecule has 1 aliphatic heterocycles. The molecule has 0 aliphatic carbocycles. The summed E-state index contributed by atoms with van der Waals surface area (Å²) in [5, 5.41) is 3.05. The topological polar surface area (TPSA) is 102 Å². The van der Waals surface area contributed by atoms with Gasteiger partial charge in [-0.25, -0.2) is 18.1 Å². The summed E-state index contributed by atoms with van der Waals surface area (Å²) in [6.45, 7) is 2.23. The molecule has 0 saturated heterocycles. The van der Waals surface area contributed by atoms with Crippen molar-refractivity contribution >= 4 is 15.9 Å². The number of hydrogen-bond donors (Lipinski definition) is 2. The van der Waals surface area contributed by atoms with Crippen LogP contribution in [-0.4, -0.2) is 37.0 Å². The van der Waals surface area contributed by atoms with Crippen LogP contribution < -0.4 is 14.8 Å². The van der Waals surface area contributed by atoms with Crippen molar-refractivity contribution in [2.75, 3.05) is 13.2 Å². The number of aromatic nitrogens is 2. The van der Waals surface area contributed by atoms with Gasteiger partial charge in [-0.1, -0.05) is 30.3 Å². The zero-order valence-electron chi connectivity index (χ0n) is 17.3. The van der Waals surface area contributed by atoms with Crippen molar-refractivity contribution in [3.63, 3.8) is 0 Å². The smallest absolute Gasteiger partial charge is 0.259 e. The van der Waals surface area contributed by atoms with Gasteiger partial charge in [0.25, 0.3) is 15.9 Å². The highest BCUT2D eigenvalue weighted by Gasteiger charge is 2.39. The Morgan fingerprint density at radius 1 is 1.19 bits per heavy atom. The number of benzene rings is 2. The zero-order valence-corrected chi connectivity index (χ0v) is 18.1. The maximum absolute atomic E-state index is 12.5. The van der Waals surface area contributed by atoms with Crippen molar-refractivity contribution in [3.8, 4) is 5.75 Å². The van der Waals surface area contributed by atoms with Crippen LogP contribution in [0.3, 0.4) is 0 Å². The molecule has 162 valence electrons. The van der Waals surface area contributed by atoms with E-state index < -0.39 is 15.6 Å². The molecular formula is C22H24N4O4S. The molecule has 8 nitrogen and oxygen atoms in total. The Kier molecular flexibility index (Phi) is 5.55. The van der Waals surface area contributed by atoms with E-state index in [-0.39, 0.29) is 24.1 Å². The number of aryl methyl sites for hydroxylation is 1. The van der Waals surface area contributed by atoms with Crippen LogP contribution in [0.15, 0.2) is 66.1 Å². The molecule has 0 bridgehead atoms. The fourth-order valence-corrected chi connectivity index (χ4v) is 4.73. The molecule has 1 aliphatic rings. The first-order chi connectivity index (χ1) is 14.8. The van der Waals surface area contributed by atoms with Gasteiger partial charge < -0.3 is 14.6 Å². The van der Waals surface area contributed by atoms with Crippen LogP contribution in [-0.2, 0) is 29.0 Å². The molecule has 0 spiro atoms. The highest BCUT2D eigenvalue weighted by molar-refractivity contribution is 7.89. The highest BCUT2D eigenvalue weighted by Crippen LogP contribution is 2.36. The molecule has 1 amide bonds. The van der Waals surface area contributed by atoms with Gasteiger partial charge in [-0.3, -0.25) is 4.79 Å². The first-order valence-electron chi connectivity index (χ1n) is 9.88. The van der Waals surface area contributed by atoms with Crippen molar-refractivity contribution in [1.29, 1.82) is 0 Å². The van der Waals surface area contributed by atoms with E-state index in [1.807, 2.05) is 43.3 Å². The number of nitrogens with one attached hydrogen (secondary N) is 2. The van der Waals surface area contributed by atoms with Gasteiger partial charge >= 0.3 is 0 Å². The Morgan fingerprint density at radius 2 is 1.97 bits per heavy atom. The van der Waals surface area contributed by atoms with Crippen LogP contribution in [0.25, 0.3) is 0 Å². The maximum Gasteiger partial charge on any atom is 0.259 e. The summed E-state index contributed by atoms with van der Waals surface area (Å²) < 4.78 is 34.2. The fraction of sp³-hybridized carbons (Fsp3) is 0.273. The SMILES string of the molecule is Cn1cnc(S(=O)(=O)NCCOc2ccc3c(c2)C(C)(Cc2ccccc2)NC3=O)c1. The van der Waals surface area contributed by atoms with Crippen LogP contribution in [0.1, 0.15) is 28.4 Å². The molecule has 1 aromatic heterocycles. The van der Waals surface area contributed by atoms with E-state index in [1.54, 1.807) is 23.7 Å². The molecule has 2 heterocycles. The van der Waals surface area contributed by atoms with E-state index in [9.17, 15) is 13.2 Å². The quantitative estimate of drug-likeness (QED) is 0.522. The lowest BCUT2D eigenvalue weighted by Gasteiger charge is -2.26. The molecule has 2 aromatic carbocycles. The Hall–Kier alpha value is -3.17. The third-order valence-electron chi connectivity index (χ3n) is 5.24. The lowest BCUT2D eigenvalue weighted by atomic mass is 9.86. The second-order valence-electron chi connectivity index (χ2n) is 7.78. The third kappa shape index (κ3) is 4.47. The lowest BCUT2D eigenvalue weighted by molar-refractivity contribution is 0.0935. The summed E-state index contributed by atoms with van der Waals surface area (Å²) in [6, 6.07) is 15.3. The minimum atomic E-state index is -3.68. The predicted molar refractivity (Wildman–Crippen MR) is 115 cm³/mol. The predicted octanol–water partition coefficient (Wildman–Crippen LogP) is 1.98. The summed E-state index contributed by atoms with van der Waals surface area (Å²) in [5.41, 5.74) is 2.07. The summed E-state index contributed by atoms with van der Waals surface area (Å²) in [7, 11) is -1.98. The molecule has 3 aromatic rings. The number of ether oxygens (including phenoxy) is 1. The molecule has 2 N–H and O–H groups in total. The van der Waals surface area contributed by atoms with Gasteiger partial charge in [0.1, 0.15) is 12.4 Å². The van der Waals surface area contributed by atoms with E-state index in [0.717, 1.165) is 11.1 Å². The van der Waals surface area contributed by atoms with E-state index in [2.05, 4.69) is 15.0 Å². The first kappa shape index (κ1) is 21.1. The number of rotatable bonds is 8. The molecule has 4 rings (SSSR count). The summed E-state index contributed by atoms with van der Waals surface area (Å²) in [5.74, 6) is 0.467. The fourth-order valence-electron chi connectivity index (χ4n) is 3.74. The van der Waals surface area contributed by atoms with Gasteiger partial charge in [0.05, 0.1) is 11.9 Å². The van der Waals surface area contributed by atoms with Crippen LogP contribution in [0.4, 0.5) is 0 Å². The van der Waals surface area contributed by atoms with E-state index in [1.165, 1.54) is 12.5 Å². The highest BCUT2D eigenvalue weighted by atomic mass is 32.2. The number of amides is 1. The molecular weight excluding hydrogens is 416 g/mol. The minimum Gasteiger partial charge on any atom is -0.492 e. The van der Waals surface area contributed by atoms with Crippen LogP contribution >= 0.6 is 0 Å². The largest absolute Gasteiger partial charge is 0.492 e. The maximum atomic E-state index is 12.5. The monoisotopic (exact) mass is 440 g/mol. The second kappa shape index (κ2) is 8.16. The van der Waals surface area contributed by atoms with Gasteiger partial charge in [0.2, 0.25) is 0 Å². The van der Waals surface area contributed by atoms with Crippen molar-refractivity contribution in [1.82, 2.24) is 19.6 Å². The Labute approximate surface area is 181 Å². The van der Waals surface area contributed by atoms with Gasteiger partial charge in [-0.05, 0) is 42.7 Å². The van der Waals surface area contributed by atoms with E-state index in [0.29, 0.717) is 17.7 Å². The average Bonchev–Trinajstić information content (AvgIpc) is 3.28. The van der Waals surface area contributed by atoms with Crippen molar-refractivity contribution < 1.29 is 17.9 Å². The summed E-state index contributed by atoms with van der Waals surface area (Å²) in [4.78, 5) is 16.3. The van der Waals surface area contributed by atoms with Crippen LogP contribution in [0.5, 0.6) is 5.75 Å². The number of hydrogen-bond acceptors (Lipinski definition) is 5. The number of imidazole rings is 1. The van der Waals surface area contributed by atoms with E-state index >= 15 is 0 Å². The number of carbonyl (C=O) groups is 1.